The summed E-state index contributed by atoms with van der Waals surface area (Å²) in [4.78, 5) is 58.9. The summed E-state index contributed by atoms with van der Waals surface area (Å²) in [5, 5.41) is 18.7. The predicted octanol–water partition coefficient (Wildman–Crippen LogP) is 2.09. The number of hydrogen-bond acceptors (Lipinski definition) is 7. The number of nitrogen functional groups attached to an aromatic ring is 1. The molecule has 3 amide bonds. The van der Waals surface area contributed by atoms with E-state index in [0.29, 0.717) is 22.0 Å². The van der Waals surface area contributed by atoms with Crippen molar-refractivity contribution >= 4 is 52.5 Å². The minimum atomic E-state index is -1.08. The molecule has 3 aromatic rings. The number of anilines is 2. The van der Waals surface area contributed by atoms with Crippen molar-refractivity contribution in [2.24, 2.45) is 5.73 Å². The molecular weight excluding hydrogens is 526 g/mol. The van der Waals surface area contributed by atoms with E-state index in [2.05, 4.69) is 10.4 Å². The Bertz CT molecular complexity index is 1540. The molecule has 2 aliphatic heterocycles. The van der Waals surface area contributed by atoms with Gasteiger partial charge in [-0.05, 0) is 42.5 Å². The van der Waals surface area contributed by atoms with Gasteiger partial charge < -0.3 is 15.7 Å². The second-order valence-corrected chi connectivity index (χ2v) is 9.32. The Hall–Kier alpha value is -4.97. The lowest BCUT2D eigenvalue weighted by atomic mass is 10.0. The zero-order chi connectivity index (χ0) is 27.8. The molecule has 0 fully saturated rings. The van der Waals surface area contributed by atoms with Gasteiger partial charge in [-0.2, -0.15) is 0 Å². The molecule has 0 radical (unpaired) electrons. The van der Waals surface area contributed by atoms with Crippen LogP contribution in [0.1, 0.15) is 43.2 Å². The standard InChI is InChI=1S/C26H22ClN7O5/c27-15-5-6-20-17(12-15)26(39)33-19-4-2-1-3-16(19)25(38)32(10-8-22(35)36)13-21(33)34(20)31-24(37)18-11-14(23(28)29)7-9-30-18/h1-7,9,11-12,21H,8,10,13H2,(H3,28,29)(H,31,37)(H,35,36). The van der Waals surface area contributed by atoms with E-state index < -0.39 is 29.9 Å². The van der Waals surface area contributed by atoms with Crippen molar-refractivity contribution in [1.82, 2.24) is 15.3 Å². The van der Waals surface area contributed by atoms with E-state index in [1.54, 1.807) is 36.4 Å². The number of nitrogens with one attached hydrogen (secondary N) is 2. The third-order valence-corrected chi connectivity index (χ3v) is 6.68. The van der Waals surface area contributed by atoms with Crippen molar-refractivity contribution in [2.45, 2.75) is 12.6 Å². The van der Waals surface area contributed by atoms with Crippen molar-refractivity contribution in [3.8, 4) is 0 Å². The molecule has 12 nitrogen and oxygen atoms in total. The second kappa shape index (κ2) is 10.1. The van der Waals surface area contributed by atoms with Gasteiger partial charge in [0, 0.05) is 23.3 Å². The number of para-hydroxylation sites is 1. The fourth-order valence-corrected chi connectivity index (χ4v) is 4.80. The maximum absolute atomic E-state index is 13.9. The maximum Gasteiger partial charge on any atom is 0.305 e. The van der Waals surface area contributed by atoms with Gasteiger partial charge in [-0.1, -0.05) is 23.7 Å². The Morgan fingerprint density at radius 3 is 2.59 bits per heavy atom. The number of rotatable bonds is 6. The van der Waals surface area contributed by atoms with Crippen LogP contribution in [0.15, 0.2) is 60.8 Å². The van der Waals surface area contributed by atoms with Crippen LogP contribution in [0.5, 0.6) is 0 Å². The van der Waals surface area contributed by atoms with Gasteiger partial charge in [-0.15, -0.1) is 0 Å². The molecular formula is C26H22ClN7O5. The van der Waals surface area contributed by atoms with E-state index in [1.807, 2.05) is 0 Å². The van der Waals surface area contributed by atoms with Crippen LogP contribution >= 0.6 is 11.6 Å². The summed E-state index contributed by atoms with van der Waals surface area (Å²) in [5.74, 6) is -2.87. The summed E-state index contributed by atoms with van der Waals surface area (Å²) in [6.45, 7) is -0.228. The number of carboxylic acids is 1. The van der Waals surface area contributed by atoms with E-state index in [0.717, 1.165) is 0 Å². The molecule has 2 aliphatic rings. The van der Waals surface area contributed by atoms with E-state index in [9.17, 15) is 24.3 Å². The average Bonchev–Trinajstić information content (AvgIpc) is 3.04. The number of aromatic nitrogens is 1. The highest BCUT2D eigenvalue weighted by Crippen LogP contribution is 2.38. The Kier molecular flexibility index (Phi) is 6.62. The van der Waals surface area contributed by atoms with Crippen LogP contribution in [0.2, 0.25) is 5.02 Å². The Labute approximate surface area is 227 Å². The lowest BCUT2D eigenvalue weighted by Crippen LogP contribution is -2.64. The van der Waals surface area contributed by atoms with Crippen molar-refractivity contribution in [3.05, 3.63) is 88.2 Å². The number of carboxylic acid groups (broad SMARTS) is 1. The molecule has 39 heavy (non-hydrogen) atoms. The van der Waals surface area contributed by atoms with Gasteiger partial charge in [0.15, 0.2) is 0 Å². The molecule has 0 spiro atoms. The quantitative estimate of drug-likeness (QED) is 0.268. The average molecular weight is 548 g/mol. The van der Waals surface area contributed by atoms with Crippen LogP contribution in [0.3, 0.4) is 0 Å². The predicted molar refractivity (Wildman–Crippen MR) is 142 cm³/mol. The summed E-state index contributed by atoms with van der Waals surface area (Å²) in [6.07, 6.45) is 0.0848. The van der Waals surface area contributed by atoms with Crippen LogP contribution in [-0.4, -0.2) is 63.8 Å². The molecule has 0 bridgehead atoms. The van der Waals surface area contributed by atoms with E-state index in [-0.39, 0.29) is 42.2 Å². The Morgan fingerprint density at radius 2 is 1.85 bits per heavy atom. The summed E-state index contributed by atoms with van der Waals surface area (Å²) >= 11 is 6.23. The molecule has 5 N–H and O–H groups in total. The number of hydrogen-bond donors (Lipinski definition) is 4. The minimum absolute atomic E-state index is 0.0329. The van der Waals surface area contributed by atoms with Gasteiger partial charge in [0.25, 0.3) is 17.7 Å². The highest BCUT2D eigenvalue weighted by atomic mass is 35.5. The van der Waals surface area contributed by atoms with Crippen molar-refractivity contribution in [3.63, 3.8) is 0 Å². The van der Waals surface area contributed by atoms with Crippen molar-refractivity contribution in [2.75, 3.05) is 23.0 Å². The first-order valence-electron chi connectivity index (χ1n) is 11.8. The summed E-state index contributed by atoms with van der Waals surface area (Å²) in [5.41, 5.74) is 9.64. The fraction of sp³-hybridized carbons (Fsp3) is 0.154. The van der Waals surface area contributed by atoms with Crippen LogP contribution in [0, 0.1) is 5.41 Å². The van der Waals surface area contributed by atoms with E-state index in [4.69, 9.17) is 22.7 Å². The molecule has 13 heteroatoms. The molecule has 5 rings (SSSR count). The first-order valence-corrected chi connectivity index (χ1v) is 12.2. The summed E-state index contributed by atoms with van der Waals surface area (Å²) < 4.78 is 0. The smallest absolute Gasteiger partial charge is 0.305 e. The number of hydrazine groups is 1. The van der Waals surface area contributed by atoms with E-state index in [1.165, 1.54) is 39.2 Å². The number of benzene rings is 2. The zero-order valence-corrected chi connectivity index (χ0v) is 21.1. The third kappa shape index (κ3) is 4.73. The van der Waals surface area contributed by atoms with Gasteiger partial charge in [-0.3, -0.25) is 44.9 Å². The maximum atomic E-state index is 13.9. The number of aliphatic carboxylic acids is 1. The number of pyridine rings is 1. The number of nitrogens with two attached hydrogens (primary N) is 1. The first kappa shape index (κ1) is 25.7. The first-order chi connectivity index (χ1) is 18.7. The SMILES string of the molecule is N=C(N)c1ccnc(C(=O)NN2c3ccc(Cl)cc3C(=O)N3c4ccccc4C(=O)N(CCC(=O)O)CC23)c1. The lowest BCUT2D eigenvalue weighted by Gasteiger charge is -2.45. The van der Waals surface area contributed by atoms with Crippen LogP contribution in [0.4, 0.5) is 11.4 Å². The lowest BCUT2D eigenvalue weighted by molar-refractivity contribution is -0.137. The summed E-state index contributed by atoms with van der Waals surface area (Å²) in [7, 11) is 0. The van der Waals surface area contributed by atoms with Crippen LogP contribution in [0.25, 0.3) is 0 Å². The Balaban J connectivity index is 1.64. The van der Waals surface area contributed by atoms with Crippen LogP contribution < -0.4 is 21.1 Å². The van der Waals surface area contributed by atoms with E-state index >= 15 is 0 Å². The van der Waals surface area contributed by atoms with Crippen molar-refractivity contribution < 1.29 is 24.3 Å². The van der Waals surface area contributed by atoms with Gasteiger partial charge in [0.1, 0.15) is 17.7 Å². The largest absolute Gasteiger partial charge is 0.481 e. The molecule has 0 saturated heterocycles. The minimum Gasteiger partial charge on any atom is -0.481 e. The zero-order valence-electron chi connectivity index (χ0n) is 20.3. The Morgan fingerprint density at radius 1 is 1.08 bits per heavy atom. The number of amidine groups is 1. The molecule has 3 heterocycles. The van der Waals surface area contributed by atoms with Crippen LogP contribution in [-0.2, 0) is 4.79 Å². The molecule has 0 aliphatic carbocycles. The van der Waals surface area contributed by atoms with Gasteiger partial charge in [0.05, 0.1) is 35.5 Å². The summed E-state index contributed by atoms with van der Waals surface area (Å²) in [6, 6.07) is 14.0. The molecule has 0 saturated carbocycles. The van der Waals surface area contributed by atoms with Gasteiger partial charge >= 0.3 is 5.97 Å². The van der Waals surface area contributed by atoms with Gasteiger partial charge in [0.2, 0.25) is 0 Å². The number of nitrogens with zero attached hydrogens (tertiary/aromatic N) is 4. The molecule has 198 valence electrons. The topological polar surface area (TPSA) is 173 Å². The number of fused-ring (bicyclic) bond motifs is 4. The second-order valence-electron chi connectivity index (χ2n) is 8.88. The molecule has 1 aromatic heterocycles. The molecule has 1 unspecified atom stereocenters. The number of carbonyl (C=O) groups is 4. The number of amides is 3. The number of halogens is 1. The number of carbonyl (C=O) groups excluding carboxylic acids is 3. The third-order valence-electron chi connectivity index (χ3n) is 6.45. The normalized spacial score (nSPS) is 16.1. The van der Waals surface area contributed by atoms with Gasteiger partial charge in [-0.25, -0.2) is 0 Å². The molecule has 2 aromatic carbocycles. The highest BCUT2D eigenvalue weighted by molar-refractivity contribution is 6.31. The highest BCUT2D eigenvalue weighted by Gasteiger charge is 2.45. The van der Waals surface area contributed by atoms with Crippen molar-refractivity contribution in [1.29, 1.82) is 5.41 Å². The molecule has 1 atom stereocenters. The fourth-order valence-electron chi connectivity index (χ4n) is 4.63. The monoisotopic (exact) mass is 547 g/mol.